The molecule has 1 fully saturated rings. The molecule has 0 heterocycles. The Morgan fingerprint density at radius 1 is 1.33 bits per heavy atom. The van der Waals surface area contributed by atoms with Crippen LogP contribution >= 0.6 is 0 Å². The van der Waals surface area contributed by atoms with Gasteiger partial charge in [0.05, 0.1) is 6.10 Å². The average Bonchev–Trinajstić information content (AvgIpc) is 3.07. The molecule has 82 valence electrons. The molecule has 3 atom stereocenters. The predicted molar refractivity (Wildman–Crippen MR) is 63.0 cm³/mol. The number of hydrogen-bond donors (Lipinski definition) is 0. The van der Waals surface area contributed by atoms with E-state index in [2.05, 4.69) is 44.2 Å². The Morgan fingerprint density at radius 3 is 2.73 bits per heavy atom. The summed E-state index contributed by atoms with van der Waals surface area (Å²) in [6.07, 6.45) is 2.84. The van der Waals surface area contributed by atoms with E-state index < -0.39 is 0 Å². The summed E-state index contributed by atoms with van der Waals surface area (Å²) in [6.45, 7) is 5.27. The maximum atomic E-state index is 5.77. The van der Waals surface area contributed by atoms with Crippen LogP contribution in [0.5, 0.6) is 0 Å². The molecule has 1 nitrogen and oxygen atoms in total. The van der Waals surface area contributed by atoms with E-state index in [1.54, 1.807) is 0 Å². The average molecular weight is 204 g/mol. The normalized spacial score (nSPS) is 26.3. The Hall–Kier alpha value is -0.820. The zero-order valence-electron chi connectivity index (χ0n) is 9.65. The molecule has 1 heteroatoms. The van der Waals surface area contributed by atoms with Crippen molar-refractivity contribution in [3.8, 4) is 0 Å². The monoisotopic (exact) mass is 204 g/mol. The molecule has 2 rings (SSSR count). The zero-order chi connectivity index (χ0) is 10.7. The van der Waals surface area contributed by atoms with Gasteiger partial charge in [0.25, 0.3) is 0 Å². The fraction of sp³-hybridized carbons (Fsp3) is 0.571. The van der Waals surface area contributed by atoms with Gasteiger partial charge in [0.15, 0.2) is 0 Å². The van der Waals surface area contributed by atoms with Crippen molar-refractivity contribution >= 4 is 0 Å². The van der Waals surface area contributed by atoms with Gasteiger partial charge in [-0.3, -0.25) is 0 Å². The topological polar surface area (TPSA) is 9.23 Å². The Labute approximate surface area is 92.5 Å². The van der Waals surface area contributed by atoms with E-state index in [9.17, 15) is 0 Å². The molecule has 0 bridgehead atoms. The van der Waals surface area contributed by atoms with E-state index in [0.29, 0.717) is 6.10 Å². The summed E-state index contributed by atoms with van der Waals surface area (Å²) in [7, 11) is 0. The Morgan fingerprint density at radius 2 is 2.07 bits per heavy atom. The minimum Gasteiger partial charge on any atom is -0.378 e. The SMILES string of the molecule is CCCO[C@H](C)[C@@H]1C[C@H]1c1ccccc1. The van der Waals surface area contributed by atoms with Crippen molar-refractivity contribution < 1.29 is 4.74 Å². The third-order valence-electron chi connectivity index (χ3n) is 3.26. The van der Waals surface area contributed by atoms with Crippen LogP contribution in [0.2, 0.25) is 0 Å². The maximum Gasteiger partial charge on any atom is 0.0581 e. The van der Waals surface area contributed by atoms with Crippen molar-refractivity contribution in [3.05, 3.63) is 35.9 Å². The van der Waals surface area contributed by atoms with Gasteiger partial charge in [-0.15, -0.1) is 0 Å². The lowest BCUT2D eigenvalue weighted by molar-refractivity contribution is 0.0503. The van der Waals surface area contributed by atoms with Gasteiger partial charge in [-0.1, -0.05) is 37.3 Å². The minimum atomic E-state index is 0.426. The third kappa shape index (κ3) is 2.60. The Kier molecular flexibility index (Phi) is 3.42. The fourth-order valence-electron chi connectivity index (χ4n) is 2.24. The largest absolute Gasteiger partial charge is 0.378 e. The lowest BCUT2D eigenvalue weighted by Crippen LogP contribution is -2.12. The van der Waals surface area contributed by atoms with Crippen LogP contribution in [0.1, 0.15) is 38.2 Å². The first-order chi connectivity index (χ1) is 7.33. The van der Waals surface area contributed by atoms with Crippen LogP contribution in [-0.4, -0.2) is 12.7 Å². The maximum absolute atomic E-state index is 5.77. The van der Waals surface area contributed by atoms with E-state index >= 15 is 0 Å². The molecule has 15 heavy (non-hydrogen) atoms. The Bertz CT molecular complexity index is 293. The lowest BCUT2D eigenvalue weighted by atomic mass is 10.1. The van der Waals surface area contributed by atoms with Crippen LogP contribution in [0.4, 0.5) is 0 Å². The van der Waals surface area contributed by atoms with Gasteiger partial charge in [0.2, 0.25) is 0 Å². The van der Waals surface area contributed by atoms with Crippen molar-refractivity contribution in [2.24, 2.45) is 5.92 Å². The van der Waals surface area contributed by atoms with Crippen molar-refractivity contribution in [1.82, 2.24) is 0 Å². The summed E-state index contributed by atoms with van der Waals surface area (Å²) < 4.78 is 5.77. The van der Waals surface area contributed by atoms with E-state index in [0.717, 1.165) is 24.9 Å². The van der Waals surface area contributed by atoms with E-state index in [4.69, 9.17) is 4.74 Å². The lowest BCUT2D eigenvalue weighted by Gasteiger charge is -2.11. The summed E-state index contributed by atoms with van der Waals surface area (Å²) in [5.74, 6) is 1.50. The second-order valence-corrected chi connectivity index (χ2v) is 4.49. The highest BCUT2D eigenvalue weighted by Crippen LogP contribution is 2.50. The first-order valence-corrected chi connectivity index (χ1v) is 5.99. The molecule has 0 aliphatic heterocycles. The number of ether oxygens (including phenoxy) is 1. The van der Waals surface area contributed by atoms with Crippen molar-refractivity contribution in [3.63, 3.8) is 0 Å². The van der Waals surface area contributed by atoms with Crippen molar-refractivity contribution in [1.29, 1.82) is 0 Å². The first-order valence-electron chi connectivity index (χ1n) is 5.99. The quantitative estimate of drug-likeness (QED) is 0.712. The van der Waals surface area contributed by atoms with Crippen LogP contribution < -0.4 is 0 Å². The second-order valence-electron chi connectivity index (χ2n) is 4.49. The van der Waals surface area contributed by atoms with Gasteiger partial charge in [0.1, 0.15) is 0 Å². The van der Waals surface area contributed by atoms with Gasteiger partial charge in [0, 0.05) is 6.61 Å². The summed E-state index contributed by atoms with van der Waals surface area (Å²) in [4.78, 5) is 0. The van der Waals surface area contributed by atoms with Crippen molar-refractivity contribution in [2.75, 3.05) is 6.61 Å². The first kappa shape index (κ1) is 10.7. The highest BCUT2D eigenvalue weighted by atomic mass is 16.5. The molecule has 1 aromatic carbocycles. The highest BCUT2D eigenvalue weighted by Gasteiger charge is 2.42. The second kappa shape index (κ2) is 4.80. The summed E-state index contributed by atoms with van der Waals surface area (Å²) >= 11 is 0. The van der Waals surface area contributed by atoms with E-state index in [-0.39, 0.29) is 0 Å². The van der Waals surface area contributed by atoms with Crippen LogP contribution in [0, 0.1) is 5.92 Å². The number of benzene rings is 1. The summed E-state index contributed by atoms with van der Waals surface area (Å²) in [5, 5.41) is 0. The van der Waals surface area contributed by atoms with Gasteiger partial charge in [-0.05, 0) is 37.2 Å². The number of hydrogen-bond acceptors (Lipinski definition) is 1. The molecule has 1 saturated carbocycles. The summed E-state index contributed by atoms with van der Waals surface area (Å²) in [5.41, 5.74) is 1.48. The molecular formula is C14H20O. The molecule has 0 radical (unpaired) electrons. The molecule has 1 aliphatic rings. The number of rotatable bonds is 5. The standard InChI is InChI=1S/C14H20O/c1-3-9-15-11(2)13-10-14(13)12-7-5-4-6-8-12/h4-8,11,13-14H,3,9-10H2,1-2H3/t11-,13+,14+/m1/s1. The van der Waals surface area contributed by atoms with E-state index in [1.165, 1.54) is 12.0 Å². The van der Waals surface area contributed by atoms with Crippen molar-refractivity contribution in [2.45, 2.75) is 38.7 Å². The van der Waals surface area contributed by atoms with Gasteiger partial charge in [-0.2, -0.15) is 0 Å². The predicted octanol–water partition coefficient (Wildman–Crippen LogP) is 3.61. The van der Waals surface area contributed by atoms with Gasteiger partial charge in [-0.25, -0.2) is 0 Å². The van der Waals surface area contributed by atoms with Crippen LogP contribution in [-0.2, 0) is 4.74 Å². The smallest absolute Gasteiger partial charge is 0.0581 e. The third-order valence-corrected chi connectivity index (χ3v) is 3.26. The molecule has 1 aromatic rings. The molecule has 0 N–H and O–H groups in total. The minimum absolute atomic E-state index is 0.426. The molecular weight excluding hydrogens is 184 g/mol. The fourth-order valence-corrected chi connectivity index (χ4v) is 2.24. The molecule has 1 aliphatic carbocycles. The van der Waals surface area contributed by atoms with E-state index in [1.807, 2.05) is 0 Å². The van der Waals surface area contributed by atoms with Gasteiger partial charge >= 0.3 is 0 Å². The highest BCUT2D eigenvalue weighted by molar-refractivity contribution is 5.26. The molecule has 0 amide bonds. The summed E-state index contributed by atoms with van der Waals surface area (Å²) in [6, 6.07) is 10.8. The zero-order valence-corrected chi connectivity index (χ0v) is 9.65. The molecule has 0 spiro atoms. The molecule has 0 aromatic heterocycles. The molecule has 0 saturated heterocycles. The van der Waals surface area contributed by atoms with Crippen LogP contribution in [0.25, 0.3) is 0 Å². The van der Waals surface area contributed by atoms with Gasteiger partial charge < -0.3 is 4.74 Å². The molecule has 0 unspecified atom stereocenters. The van der Waals surface area contributed by atoms with Crippen LogP contribution in [0.3, 0.4) is 0 Å². The van der Waals surface area contributed by atoms with Crippen LogP contribution in [0.15, 0.2) is 30.3 Å². The Balaban J connectivity index is 1.85.